The van der Waals surface area contributed by atoms with Gasteiger partial charge in [0.2, 0.25) is 5.91 Å². The molecule has 1 aromatic heterocycles. The van der Waals surface area contributed by atoms with Crippen LogP contribution in [0, 0.1) is 5.82 Å². The fourth-order valence-electron chi connectivity index (χ4n) is 4.82. The number of nitrogens with zero attached hydrogens (tertiary/aromatic N) is 3. The minimum Gasteiger partial charge on any atom is -0.409 e. The summed E-state index contributed by atoms with van der Waals surface area (Å²) in [5.74, 6) is -2.18. The molecule has 1 aliphatic heterocycles. The van der Waals surface area contributed by atoms with Crippen LogP contribution in [0.1, 0.15) is 51.2 Å². The third kappa shape index (κ3) is 5.71. The van der Waals surface area contributed by atoms with Crippen molar-refractivity contribution < 1.29 is 31.6 Å². The van der Waals surface area contributed by atoms with Gasteiger partial charge in [-0.25, -0.2) is 9.37 Å². The Kier molecular flexibility index (Phi) is 7.68. The van der Waals surface area contributed by atoms with E-state index in [0.717, 1.165) is 29.5 Å². The maximum atomic E-state index is 14.9. The first-order valence-electron chi connectivity index (χ1n) is 12.7. The number of hydrogen-bond acceptors (Lipinski definition) is 4. The van der Waals surface area contributed by atoms with E-state index in [1.807, 2.05) is 0 Å². The average Bonchev–Trinajstić information content (AvgIpc) is 2.78. The van der Waals surface area contributed by atoms with Crippen LogP contribution in [0.3, 0.4) is 0 Å². The lowest BCUT2D eigenvalue weighted by Gasteiger charge is -2.57. The van der Waals surface area contributed by atoms with Crippen molar-refractivity contribution in [1.29, 1.82) is 0 Å². The van der Waals surface area contributed by atoms with E-state index in [1.54, 1.807) is 0 Å². The predicted octanol–water partition coefficient (Wildman–Crippen LogP) is 6.58. The average molecular weight is 586 g/mol. The lowest BCUT2D eigenvalue weighted by atomic mass is 9.73. The highest BCUT2D eigenvalue weighted by atomic mass is 35.5. The van der Waals surface area contributed by atoms with Crippen LogP contribution in [0.5, 0.6) is 0 Å². The molecule has 2 aromatic rings. The number of aromatic nitrogens is 1. The Morgan fingerprint density at radius 1 is 1.13 bits per heavy atom. The second-order valence-electron chi connectivity index (χ2n) is 11.8. The Hall–Kier alpha value is -2.50. The van der Waals surface area contributed by atoms with Crippen molar-refractivity contribution in [3.8, 4) is 0 Å². The highest BCUT2D eigenvalue weighted by Crippen LogP contribution is 2.49. The van der Waals surface area contributed by atoms with Gasteiger partial charge in [-0.15, -0.1) is 0 Å². The molecule has 4 rings (SSSR count). The van der Waals surface area contributed by atoms with Crippen LogP contribution in [0.4, 0.5) is 23.4 Å². The maximum Gasteiger partial charge on any atom is 0.416 e. The number of alkyl halides is 3. The summed E-state index contributed by atoms with van der Waals surface area (Å²) in [4.78, 5) is 34.2. The first kappa shape index (κ1) is 29.5. The smallest absolute Gasteiger partial charge is 0.409 e. The summed E-state index contributed by atoms with van der Waals surface area (Å²) < 4.78 is 61.1. The van der Waals surface area contributed by atoms with E-state index in [4.69, 9.17) is 16.0 Å². The van der Waals surface area contributed by atoms with E-state index < -0.39 is 55.9 Å². The zero-order valence-corrected chi connectivity index (χ0v) is 24.3. The zero-order valence-electron chi connectivity index (χ0n) is 22.5. The van der Waals surface area contributed by atoms with Gasteiger partial charge in [0, 0.05) is 12.7 Å². The second kappa shape index (κ2) is 10.2. The highest BCUT2D eigenvalue weighted by Gasteiger charge is 2.59. The molecule has 6 nitrogen and oxygen atoms in total. The van der Waals surface area contributed by atoms with Gasteiger partial charge in [0.1, 0.15) is 12.6 Å². The van der Waals surface area contributed by atoms with Crippen molar-refractivity contribution in [3.63, 3.8) is 0 Å². The molecule has 12 heteroatoms. The van der Waals surface area contributed by atoms with Gasteiger partial charge in [0.05, 0.1) is 16.2 Å². The normalized spacial score (nSPS) is 20.3. The van der Waals surface area contributed by atoms with Gasteiger partial charge in [-0.3, -0.25) is 14.5 Å². The fraction of sp³-hybridized carbons (Fsp3) is 0.519. The maximum absolute atomic E-state index is 14.9. The van der Waals surface area contributed by atoms with E-state index in [-0.39, 0.29) is 22.4 Å². The molecule has 1 unspecified atom stereocenters. The van der Waals surface area contributed by atoms with Crippen molar-refractivity contribution in [2.24, 2.45) is 0 Å². The summed E-state index contributed by atoms with van der Waals surface area (Å²) in [6, 6.07) is 4.41. The van der Waals surface area contributed by atoms with E-state index in [9.17, 15) is 27.2 Å². The van der Waals surface area contributed by atoms with Crippen molar-refractivity contribution in [3.05, 3.63) is 58.5 Å². The lowest BCUT2D eigenvalue weighted by Crippen LogP contribution is -2.72. The minimum atomic E-state index is -4.50. The van der Waals surface area contributed by atoms with Crippen molar-refractivity contribution in [1.82, 2.24) is 9.88 Å². The van der Waals surface area contributed by atoms with Crippen LogP contribution < -0.4 is 4.90 Å². The molecule has 2 fully saturated rings. The molecule has 0 spiro atoms. The van der Waals surface area contributed by atoms with Crippen LogP contribution in [0.2, 0.25) is 23.2 Å². The monoisotopic (exact) mass is 585 g/mol. The molecule has 39 heavy (non-hydrogen) atoms. The minimum absolute atomic E-state index is 0.0456. The third-order valence-electron chi connectivity index (χ3n) is 8.07. The van der Waals surface area contributed by atoms with Crippen molar-refractivity contribution >= 4 is 37.6 Å². The molecular formula is C27H32ClF4N3O3Si. The summed E-state index contributed by atoms with van der Waals surface area (Å²) in [6.45, 7) is 9.75. The van der Waals surface area contributed by atoms with Gasteiger partial charge in [-0.05, 0) is 61.2 Å². The molecule has 1 atom stereocenters. The topological polar surface area (TPSA) is 62.7 Å². The van der Waals surface area contributed by atoms with Crippen molar-refractivity contribution in [2.45, 2.75) is 82.5 Å². The molecule has 2 aliphatic rings. The SMILES string of the molecule is CC(C)(C)[Si](C)(C)OC1(C2C(=O)N(c3ncc(Cl)cc3F)CC(=O)N2Cc2ccc(C(F)(F)F)cc2)CCC1. The number of anilines is 1. The molecule has 2 heterocycles. The van der Waals surface area contributed by atoms with Crippen LogP contribution in [0.25, 0.3) is 0 Å². The van der Waals surface area contributed by atoms with Crippen LogP contribution >= 0.6 is 11.6 Å². The van der Waals surface area contributed by atoms with Gasteiger partial charge in [-0.1, -0.05) is 44.5 Å². The Bertz CT molecular complexity index is 1260. The van der Waals surface area contributed by atoms with E-state index in [0.29, 0.717) is 18.4 Å². The molecule has 1 saturated heterocycles. The summed E-state index contributed by atoms with van der Waals surface area (Å²) >= 11 is 5.85. The van der Waals surface area contributed by atoms with Gasteiger partial charge >= 0.3 is 6.18 Å². The number of hydrogen-bond donors (Lipinski definition) is 0. The number of piperazine rings is 1. The number of rotatable bonds is 6. The summed E-state index contributed by atoms with van der Waals surface area (Å²) in [5.41, 5.74) is -1.39. The zero-order chi connectivity index (χ0) is 29.0. The van der Waals surface area contributed by atoms with Gasteiger partial charge < -0.3 is 9.33 Å². The Morgan fingerprint density at radius 3 is 2.23 bits per heavy atom. The predicted molar refractivity (Wildman–Crippen MR) is 142 cm³/mol. The lowest BCUT2D eigenvalue weighted by molar-refractivity contribution is -0.161. The number of pyridine rings is 1. The summed E-state index contributed by atoms with van der Waals surface area (Å²) in [7, 11) is -2.46. The Morgan fingerprint density at radius 2 is 1.74 bits per heavy atom. The number of carbonyl (C=O) groups excluding carboxylic acids is 2. The Balaban J connectivity index is 1.76. The first-order chi connectivity index (χ1) is 17.9. The Labute approximate surface area is 231 Å². The van der Waals surface area contributed by atoms with E-state index in [2.05, 4.69) is 38.8 Å². The first-order valence-corrected chi connectivity index (χ1v) is 16.0. The molecule has 1 aromatic carbocycles. The molecular weight excluding hydrogens is 554 g/mol. The number of amides is 2. The number of carbonyl (C=O) groups is 2. The van der Waals surface area contributed by atoms with E-state index >= 15 is 0 Å². The molecule has 1 aliphatic carbocycles. The standard InChI is InChI=1S/C27H32ClF4N3O3Si/c1-25(2,3)39(4,5)38-26(11-6-12-26)22-24(37)35(23-20(29)13-19(28)14-33-23)16-21(36)34(22)15-17-7-9-18(10-8-17)27(30,31)32/h7-10,13-14,22H,6,11-12,15-16H2,1-5H3. The van der Waals surface area contributed by atoms with Crippen LogP contribution in [0.15, 0.2) is 36.5 Å². The van der Waals surface area contributed by atoms with Gasteiger partial charge in [0.15, 0.2) is 20.0 Å². The summed E-state index contributed by atoms with van der Waals surface area (Å²) in [5, 5.41) is -0.150. The highest BCUT2D eigenvalue weighted by molar-refractivity contribution is 6.74. The second-order valence-corrected chi connectivity index (χ2v) is 16.9. The number of benzene rings is 1. The largest absolute Gasteiger partial charge is 0.416 e. The van der Waals surface area contributed by atoms with E-state index in [1.165, 1.54) is 23.2 Å². The fourth-order valence-corrected chi connectivity index (χ4v) is 6.60. The van der Waals surface area contributed by atoms with Gasteiger partial charge in [0.25, 0.3) is 5.91 Å². The molecule has 212 valence electrons. The number of halogens is 5. The molecule has 0 radical (unpaired) electrons. The molecule has 2 amide bonds. The molecule has 1 saturated carbocycles. The molecule has 0 N–H and O–H groups in total. The van der Waals surface area contributed by atoms with Gasteiger partial charge in [-0.2, -0.15) is 13.2 Å². The van der Waals surface area contributed by atoms with Crippen LogP contribution in [-0.4, -0.2) is 48.2 Å². The van der Waals surface area contributed by atoms with Crippen molar-refractivity contribution in [2.75, 3.05) is 11.4 Å². The third-order valence-corrected chi connectivity index (χ3v) is 12.8. The quantitative estimate of drug-likeness (QED) is 0.284. The molecule has 0 bridgehead atoms. The van der Waals surface area contributed by atoms with Crippen LogP contribution in [-0.2, 0) is 26.7 Å². The summed E-state index contributed by atoms with van der Waals surface area (Å²) in [6.07, 6.45) is -1.50.